The van der Waals surface area contributed by atoms with Gasteiger partial charge in [-0.2, -0.15) is 0 Å². The van der Waals surface area contributed by atoms with Crippen LogP contribution < -0.4 is 0 Å². The van der Waals surface area contributed by atoms with Crippen LogP contribution in [0.2, 0.25) is 0 Å². The predicted octanol–water partition coefficient (Wildman–Crippen LogP) is 3.46. The van der Waals surface area contributed by atoms with E-state index in [4.69, 9.17) is 14.2 Å². The molecule has 1 aromatic carbocycles. The molecule has 1 aliphatic heterocycles. The van der Waals surface area contributed by atoms with E-state index in [1.54, 1.807) is 6.08 Å². The molecule has 0 saturated carbocycles. The number of hydrogen-bond donors (Lipinski definition) is 0. The summed E-state index contributed by atoms with van der Waals surface area (Å²) in [5.74, 6) is 0.0627. The van der Waals surface area contributed by atoms with Gasteiger partial charge >= 0.3 is 5.97 Å². The first-order valence-corrected chi connectivity index (χ1v) is 7.74. The van der Waals surface area contributed by atoms with Crippen molar-refractivity contribution >= 4 is 5.97 Å². The second kappa shape index (κ2) is 8.71. The van der Waals surface area contributed by atoms with E-state index in [-0.39, 0.29) is 12.1 Å². The van der Waals surface area contributed by atoms with Gasteiger partial charge < -0.3 is 14.2 Å². The summed E-state index contributed by atoms with van der Waals surface area (Å²) in [6.45, 7) is 4.86. The molecule has 1 aliphatic rings. The molecule has 22 heavy (non-hydrogen) atoms. The smallest absolute Gasteiger partial charge is 0.305 e. The molecule has 4 heteroatoms. The molecule has 0 spiro atoms. The molecule has 0 N–H and O–H groups in total. The highest BCUT2D eigenvalue weighted by molar-refractivity contribution is 5.66. The third-order valence-electron chi connectivity index (χ3n) is 3.48. The zero-order valence-corrected chi connectivity index (χ0v) is 13.2. The Bertz CT molecular complexity index is 483. The Morgan fingerprint density at radius 2 is 2.14 bits per heavy atom. The van der Waals surface area contributed by atoms with Crippen LogP contribution in [0, 0.1) is 5.92 Å². The Morgan fingerprint density at radius 1 is 1.36 bits per heavy atom. The van der Waals surface area contributed by atoms with Crippen LogP contribution in [0.5, 0.6) is 0 Å². The lowest BCUT2D eigenvalue weighted by Gasteiger charge is -2.27. The minimum Gasteiger partial charge on any atom is -0.432 e. The number of hydrogen-bond acceptors (Lipinski definition) is 4. The molecule has 0 aromatic heterocycles. The molecule has 2 rings (SSSR count). The van der Waals surface area contributed by atoms with Crippen molar-refractivity contribution < 1.29 is 19.0 Å². The van der Waals surface area contributed by atoms with Gasteiger partial charge in [0.1, 0.15) is 0 Å². The van der Waals surface area contributed by atoms with Gasteiger partial charge in [0.05, 0.1) is 12.7 Å². The van der Waals surface area contributed by atoms with Crippen LogP contribution in [0.25, 0.3) is 0 Å². The van der Waals surface area contributed by atoms with Gasteiger partial charge in [-0.25, -0.2) is 0 Å². The number of carbonyl (C=O) groups is 1. The lowest BCUT2D eigenvalue weighted by Crippen LogP contribution is -2.29. The van der Waals surface area contributed by atoms with Crippen molar-refractivity contribution in [2.24, 2.45) is 5.92 Å². The van der Waals surface area contributed by atoms with Crippen LogP contribution in [0.3, 0.4) is 0 Å². The van der Waals surface area contributed by atoms with Gasteiger partial charge in [-0.1, -0.05) is 43.3 Å². The van der Waals surface area contributed by atoms with Crippen molar-refractivity contribution in [2.45, 2.75) is 45.7 Å². The molecule has 0 fully saturated rings. The van der Waals surface area contributed by atoms with Crippen molar-refractivity contribution in [3.8, 4) is 0 Å². The first-order valence-electron chi connectivity index (χ1n) is 7.74. The number of esters is 1. The summed E-state index contributed by atoms with van der Waals surface area (Å²) in [4.78, 5) is 11.0. The van der Waals surface area contributed by atoms with E-state index < -0.39 is 6.29 Å². The minimum absolute atomic E-state index is 0.0738. The topological polar surface area (TPSA) is 44.8 Å². The molecule has 1 heterocycles. The Hall–Kier alpha value is -1.65. The van der Waals surface area contributed by atoms with Gasteiger partial charge in [0.2, 0.25) is 6.29 Å². The summed E-state index contributed by atoms with van der Waals surface area (Å²) in [5.41, 5.74) is 1.18. The normalized spacial score (nSPS) is 22.3. The van der Waals surface area contributed by atoms with Gasteiger partial charge in [-0.05, 0) is 30.4 Å². The zero-order chi connectivity index (χ0) is 15.8. The highest BCUT2D eigenvalue weighted by Crippen LogP contribution is 2.20. The molecule has 0 saturated heterocycles. The van der Waals surface area contributed by atoms with Crippen LogP contribution in [0.4, 0.5) is 0 Å². The van der Waals surface area contributed by atoms with Crippen LogP contribution in [0.15, 0.2) is 42.5 Å². The van der Waals surface area contributed by atoms with E-state index in [1.807, 2.05) is 24.3 Å². The van der Waals surface area contributed by atoms with Crippen molar-refractivity contribution in [3.63, 3.8) is 0 Å². The van der Waals surface area contributed by atoms with E-state index in [0.29, 0.717) is 19.1 Å². The molecule has 0 radical (unpaired) electrons. The molecular weight excluding hydrogens is 280 g/mol. The number of benzene rings is 1. The molecule has 1 aromatic rings. The maximum Gasteiger partial charge on any atom is 0.305 e. The van der Waals surface area contributed by atoms with Gasteiger partial charge in [-0.3, -0.25) is 4.79 Å². The van der Waals surface area contributed by atoms with Crippen molar-refractivity contribution in [2.75, 3.05) is 6.61 Å². The fraction of sp³-hybridized carbons (Fsp3) is 0.500. The lowest BCUT2D eigenvalue weighted by atomic mass is 10.0. The fourth-order valence-corrected chi connectivity index (χ4v) is 2.48. The molecule has 0 bridgehead atoms. The van der Waals surface area contributed by atoms with Crippen LogP contribution in [-0.2, 0) is 25.6 Å². The fourth-order valence-electron chi connectivity index (χ4n) is 2.48. The lowest BCUT2D eigenvalue weighted by molar-refractivity contribution is -0.178. The summed E-state index contributed by atoms with van der Waals surface area (Å²) in [7, 11) is 0. The van der Waals surface area contributed by atoms with Crippen molar-refractivity contribution in [3.05, 3.63) is 48.0 Å². The summed E-state index contributed by atoms with van der Waals surface area (Å²) in [5, 5.41) is 0. The average Bonchev–Trinajstić information content (AvgIpc) is 2.48. The SMILES string of the molecule is CC(=O)OC1C=CC[C@@H](C[C@@H](C)COCc2ccccc2)O1. The van der Waals surface area contributed by atoms with E-state index in [0.717, 1.165) is 12.8 Å². The molecule has 0 aliphatic carbocycles. The van der Waals surface area contributed by atoms with Crippen molar-refractivity contribution in [1.82, 2.24) is 0 Å². The predicted molar refractivity (Wildman–Crippen MR) is 84.1 cm³/mol. The Morgan fingerprint density at radius 3 is 2.86 bits per heavy atom. The zero-order valence-electron chi connectivity index (χ0n) is 13.2. The van der Waals surface area contributed by atoms with Gasteiger partial charge in [-0.15, -0.1) is 0 Å². The highest BCUT2D eigenvalue weighted by atomic mass is 16.7. The van der Waals surface area contributed by atoms with Gasteiger partial charge in [0.25, 0.3) is 0 Å². The second-order valence-corrected chi connectivity index (χ2v) is 5.74. The first kappa shape index (κ1) is 16.7. The minimum atomic E-state index is -0.548. The summed E-state index contributed by atoms with van der Waals surface area (Å²) >= 11 is 0. The summed E-state index contributed by atoms with van der Waals surface area (Å²) in [6, 6.07) is 10.1. The highest BCUT2D eigenvalue weighted by Gasteiger charge is 2.22. The van der Waals surface area contributed by atoms with E-state index in [1.165, 1.54) is 12.5 Å². The Labute approximate surface area is 132 Å². The second-order valence-electron chi connectivity index (χ2n) is 5.74. The molecule has 3 atom stereocenters. The molecule has 0 amide bonds. The van der Waals surface area contributed by atoms with Crippen molar-refractivity contribution in [1.29, 1.82) is 0 Å². The number of ether oxygens (including phenoxy) is 3. The van der Waals surface area contributed by atoms with E-state index in [2.05, 4.69) is 19.1 Å². The quantitative estimate of drug-likeness (QED) is 0.571. The molecule has 4 nitrogen and oxygen atoms in total. The average molecular weight is 304 g/mol. The van der Waals surface area contributed by atoms with Crippen LogP contribution >= 0.6 is 0 Å². The standard InChI is InChI=1S/C18H24O4/c1-14(12-20-13-16-7-4-3-5-8-16)11-17-9-6-10-18(22-17)21-15(2)19/h3-8,10,14,17-18H,9,11-13H2,1-2H3/t14-,17+,18?/m1/s1. The third-order valence-corrected chi connectivity index (χ3v) is 3.48. The number of rotatable bonds is 7. The number of carbonyl (C=O) groups excluding carboxylic acids is 1. The maximum absolute atomic E-state index is 11.0. The molecule has 120 valence electrons. The molecular formula is C18H24O4. The van der Waals surface area contributed by atoms with Crippen LogP contribution in [0.1, 0.15) is 32.3 Å². The van der Waals surface area contributed by atoms with Gasteiger partial charge in [0, 0.05) is 13.5 Å². The van der Waals surface area contributed by atoms with E-state index in [9.17, 15) is 4.79 Å². The Balaban J connectivity index is 1.67. The van der Waals surface area contributed by atoms with Gasteiger partial charge in [0.15, 0.2) is 0 Å². The third kappa shape index (κ3) is 6.00. The monoisotopic (exact) mass is 304 g/mol. The Kier molecular flexibility index (Phi) is 6.62. The maximum atomic E-state index is 11.0. The molecule has 1 unspecified atom stereocenters. The summed E-state index contributed by atoms with van der Waals surface area (Å²) in [6.07, 6.45) is 5.06. The summed E-state index contributed by atoms with van der Waals surface area (Å²) < 4.78 is 16.6. The first-order chi connectivity index (χ1) is 10.6. The van der Waals surface area contributed by atoms with Crippen LogP contribution in [-0.4, -0.2) is 25.0 Å². The largest absolute Gasteiger partial charge is 0.432 e. The van der Waals surface area contributed by atoms with E-state index >= 15 is 0 Å².